The van der Waals surface area contributed by atoms with Gasteiger partial charge in [-0.2, -0.15) is 10.4 Å². The van der Waals surface area contributed by atoms with Crippen molar-refractivity contribution in [2.24, 2.45) is 5.10 Å². The average Bonchev–Trinajstić information content (AvgIpc) is 2.55. The van der Waals surface area contributed by atoms with Gasteiger partial charge in [0, 0.05) is 11.1 Å². The lowest BCUT2D eigenvalue weighted by atomic mass is 10.1. The Hall–Kier alpha value is -3.59. The van der Waals surface area contributed by atoms with Gasteiger partial charge in [0.15, 0.2) is 0 Å². The Kier molecular flexibility index (Phi) is 5.10. The third-order valence-corrected chi connectivity index (χ3v) is 2.91. The second-order valence-electron chi connectivity index (χ2n) is 4.49. The standard InChI is InChI=1S/C17H13N3O3/c18-10-14(9-12-5-1-3-7-15(12)21)17(23)20-19-11-13-6-2-4-8-16(13)22/h1-9,11,21-22H,(H,20,23). The summed E-state index contributed by atoms with van der Waals surface area (Å²) in [5, 5.41) is 32.0. The van der Waals surface area contributed by atoms with E-state index < -0.39 is 5.91 Å². The lowest BCUT2D eigenvalue weighted by Gasteiger charge is -2.01. The highest BCUT2D eigenvalue weighted by molar-refractivity contribution is 6.02. The summed E-state index contributed by atoms with van der Waals surface area (Å²) in [6.07, 6.45) is 2.53. The summed E-state index contributed by atoms with van der Waals surface area (Å²) in [6.45, 7) is 0. The summed E-state index contributed by atoms with van der Waals surface area (Å²) in [4.78, 5) is 11.9. The largest absolute Gasteiger partial charge is 0.507 e. The van der Waals surface area contributed by atoms with Crippen LogP contribution in [0.5, 0.6) is 11.5 Å². The lowest BCUT2D eigenvalue weighted by Crippen LogP contribution is -2.19. The molecule has 0 aliphatic rings. The average molecular weight is 307 g/mol. The molecule has 0 atom stereocenters. The molecule has 0 saturated carbocycles. The van der Waals surface area contributed by atoms with Crippen LogP contribution < -0.4 is 5.43 Å². The van der Waals surface area contributed by atoms with Crippen molar-refractivity contribution in [3.05, 3.63) is 65.2 Å². The number of phenolic OH excluding ortho intramolecular Hbond substituents is 2. The number of aromatic hydroxyl groups is 2. The van der Waals surface area contributed by atoms with Crippen LogP contribution in [0.4, 0.5) is 0 Å². The Morgan fingerprint density at radius 2 is 1.61 bits per heavy atom. The molecular weight excluding hydrogens is 294 g/mol. The molecule has 6 heteroatoms. The highest BCUT2D eigenvalue weighted by Gasteiger charge is 2.09. The molecule has 23 heavy (non-hydrogen) atoms. The fourth-order valence-electron chi connectivity index (χ4n) is 1.73. The number of para-hydroxylation sites is 2. The van der Waals surface area contributed by atoms with E-state index in [1.807, 2.05) is 0 Å². The second-order valence-corrected chi connectivity index (χ2v) is 4.49. The molecule has 2 aromatic carbocycles. The molecule has 0 bridgehead atoms. The number of nitrogens with zero attached hydrogens (tertiary/aromatic N) is 2. The van der Waals surface area contributed by atoms with E-state index in [1.54, 1.807) is 42.5 Å². The Balaban J connectivity index is 2.11. The van der Waals surface area contributed by atoms with Crippen molar-refractivity contribution in [1.82, 2.24) is 5.43 Å². The Morgan fingerprint density at radius 1 is 1.04 bits per heavy atom. The van der Waals surface area contributed by atoms with Gasteiger partial charge in [-0.25, -0.2) is 5.43 Å². The van der Waals surface area contributed by atoms with E-state index in [2.05, 4.69) is 10.5 Å². The Morgan fingerprint density at radius 3 is 2.17 bits per heavy atom. The first-order valence-electron chi connectivity index (χ1n) is 6.63. The van der Waals surface area contributed by atoms with Gasteiger partial charge in [0.2, 0.25) is 0 Å². The van der Waals surface area contributed by atoms with Gasteiger partial charge in [0.05, 0.1) is 6.21 Å². The number of rotatable bonds is 4. The van der Waals surface area contributed by atoms with Gasteiger partial charge in [-0.1, -0.05) is 30.3 Å². The number of carbonyl (C=O) groups is 1. The second kappa shape index (κ2) is 7.43. The maximum Gasteiger partial charge on any atom is 0.282 e. The minimum Gasteiger partial charge on any atom is -0.507 e. The molecule has 0 saturated heterocycles. The zero-order valence-electron chi connectivity index (χ0n) is 12.0. The zero-order valence-corrected chi connectivity index (χ0v) is 12.0. The molecule has 0 fully saturated rings. The monoisotopic (exact) mass is 307 g/mol. The molecule has 0 aromatic heterocycles. The van der Waals surface area contributed by atoms with Crippen LogP contribution >= 0.6 is 0 Å². The molecule has 1 amide bonds. The molecule has 0 aliphatic carbocycles. The van der Waals surface area contributed by atoms with Crippen molar-refractivity contribution < 1.29 is 15.0 Å². The summed E-state index contributed by atoms with van der Waals surface area (Å²) in [5.41, 5.74) is 2.77. The number of nitrogens with one attached hydrogen (secondary N) is 1. The summed E-state index contributed by atoms with van der Waals surface area (Å²) in [5.74, 6) is -0.732. The summed E-state index contributed by atoms with van der Waals surface area (Å²) in [7, 11) is 0. The van der Waals surface area contributed by atoms with Crippen LogP contribution in [-0.4, -0.2) is 22.3 Å². The summed E-state index contributed by atoms with van der Waals surface area (Å²) < 4.78 is 0. The van der Waals surface area contributed by atoms with Crippen molar-refractivity contribution in [2.45, 2.75) is 0 Å². The van der Waals surface area contributed by atoms with Gasteiger partial charge >= 0.3 is 0 Å². The van der Waals surface area contributed by atoms with Crippen LogP contribution in [0, 0.1) is 11.3 Å². The van der Waals surface area contributed by atoms with E-state index in [4.69, 9.17) is 5.26 Å². The van der Waals surface area contributed by atoms with E-state index in [0.29, 0.717) is 11.1 Å². The van der Waals surface area contributed by atoms with Gasteiger partial charge in [-0.05, 0) is 24.3 Å². The molecule has 2 rings (SSSR count). The van der Waals surface area contributed by atoms with Crippen molar-refractivity contribution in [3.8, 4) is 17.6 Å². The molecular formula is C17H13N3O3. The SMILES string of the molecule is N#CC(=Cc1ccccc1O)C(=O)NN=Cc1ccccc1O. The highest BCUT2D eigenvalue weighted by atomic mass is 16.3. The number of nitriles is 1. The van der Waals surface area contributed by atoms with Crippen molar-refractivity contribution in [1.29, 1.82) is 5.26 Å². The number of carbonyl (C=O) groups excluding carboxylic acids is 1. The number of benzene rings is 2. The lowest BCUT2D eigenvalue weighted by molar-refractivity contribution is -0.117. The highest BCUT2D eigenvalue weighted by Crippen LogP contribution is 2.18. The molecule has 0 unspecified atom stereocenters. The molecule has 0 radical (unpaired) electrons. The smallest absolute Gasteiger partial charge is 0.282 e. The third kappa shape index (κ3) is 4.19. The molecule has 0 spiro atoms. The fourth-order valence-corrected chi connectivity index (χ4v) is 1.73. The molecule has 0 heterocycles. The van der Waals surface area contributed by atoms with E-state index in [0.717, 1.165) is 0 Å². The van der Waals surface area contributed by atoms with Crippen LogP contribution in [0.1, 0.15) is 11.1 Å². The zero-order chi connectivity index (χ0) is 16.7. The maximum atomic E-state index is 11.9. The van der Waals surface area contributed by atoms with Crippen LogP contribution in [0.25, 0.3) is 6.08 Å². The van der Waals surface area contributed by atoms with Crippen molar-refractivity contribution in [2.75, 3.05) is 0 Å². The first kappa shape index (κ1) is 15.8. The molecule has 6 nitrogen and oxygen atoms in total. The molecule has 3 N–H and O–H groups in total. The van der Waals surface area contributed by atoms with E-state index in [9.17, 15) is 15.0 Å². The summed E-state index contributed by atoms with van der Waals surface area (Å²) >= 11 is 0. The Labute approximate surface area is 132 Å². The van der Waals surface area contributed by atoms with Crippen molar-refractivity contribution >= 4 is 18.2 Å². The quantitative estimate of drug-likeness (QED) is 0.348. The van der Waals surface area contributed by atoms with Gasteiger partial charge in [0.25, 0.3) is 5.91 Å². The number of hydrazone groups is 1. The number of hydrogen-bond acceptors (Lipinski definition) is 5. The molecule has 0 aliphatic heterocycles. The van der Waals surface area contributed by atoms with E-state index in [1.165, 1.54) is 24.4 Å². The van der Waals surface area contributed by atoms with E-state index >= 15 is 0 Å². The maximum absolute atomic E-state index is 11.9. The third-order valence-electron chi connectivity index (χ3n) is 2.91. The van der Waals surface area contributed by atoms with Gasteiger partial charge in [-0.15, -0.1) is 0 Å². The fraction of sp³-hybridized carbons (Fsp3) is 0. The predicted octanol–water partition coefficient (Wildman–Crippen LogP) is 2.16. The first-order valence-corrected chi connectivity index (χ1v) is 6.63. The van der Waals surface area contributed by atoms with Gasteiger partial charge in [-0.3, -0.25) is 4.79 Å². The van der Waals surface area contributed by atoms with E-state index in [-0.39, 0.29) is 17.1 Å². The van der Waals surface area contributed by atoms with Gasteiger partial charge < -0.3 is 10.2 Å². The summed E-state index contributed by atoms with van der Waals surface area (Å²) in [6, 6.07) is 14.6. The topological polar surface area (TPSA) is 106 Å². The number of amides is 1. The Bertz CT molecular complexity index is 820. The van der Waals surface area contributed by atoms with Crippen LogP contribution in [0.2, 0.25) is 0 Å². The van der Waals surface area contributed by atoms with Crippen LogP contribution in [0.3, 0.4) is 0 Å². The normalized spacial score (nSPS) is 11.2. The number of phenols is 2. The van der Waals surface area contributed by atoms with Gasteiger partial charge in [0.1, 0.15) is 23.1 Å². The predicted molar refractivity (Wildman–Crippen MR) is 85.5 cm³/mol. The minimum atomic E-state index is -0.720. The van der Waals surface area contributed by atoms with Crippen molar-refractivity contribution in [3.63, 3.8) is 0 Å². The first-order chi connectivity index (χ1) is 11.1. The molecule has 114 valence electrons. The molecule has 2 aromatic rings. The van der Waals surface area contributed by atoms with Crippen LogP contribution in [0.15, 0.2) is 59.2 Å². The minimum absolute atomic E-state index is 0.0238. The van der Waals surface area contributed by atoms with Crippen LogP contribution in [-0.2, 0) is 4.79 Å². The number of hydrogen-bond donors (Lipinski definition) is 3.